The van der Waals surface area contributed by atoms with E-state index in [1.807, 2.05) is 12.1 Å². The van der Waals surface area contributed by atoms with E-state index in [1.54, 1.807) is 12.1 Å². The summed E-state index contributed by atoms with van der Waals surface area (Å²) in [6.45, 7) is 0.135. The van der Waals surface area contributed by atoms with Gasteiger partial charge in [0.1, 0.15) is 5.70 Å². The Morgan fingerprint density at radius 1 is 1.52 bits per heavy atom. The minimum absolute atomic E-state index is 0.127. The van der Waals surface area contributed by atoms with Crippen LogP contribution in [-0.2, 0) is 14.3 Å². The van der Waals surface area contributed by atoms with Crippen LogP contribution in [0.25, 0.3) is 0 Å². The van der Waals surface area contributed by atoms with E-state index in [-0.39, 0.29) is 36.9 Å². The summed E-state index contributed by atoms with van der Waals surface area (Å²) in [4.78, 5) is 25.5. The number of methoxy groups -OCH3 is 1. The maximum Gasteiger partial charge on any atom is 0.337 e. The summed E-state index contributed by atoms with van der Waals surface area (Å²) < 4.78 is 5.57. The number of β-amino-alcohol motifs (C(OH)–C–C–N with tert-alkyl or cyclic N) is 1. The first-order valence-corrected chi connectivity index (χ1v) is 7.10. The molecule has 21 heavy (non-hydrogen) atoms. The van der Waals surface area contributed by atoms with Gasteiger partial charge in [0.25, 0.3) is 5.91 Å². The number of anilines is 1. The molecule has 0 spiro atoms. The molecule has 2 rings (SSSR count). The van der Waals surface area contributed by atoms with Crippen LogP contribution >= 0.6 is 15.9 Å². The predicted molar refractivity (Wildman–Crippen MR) is 80.5 cm³/mol. The molecule has 0 atom stereocenters. The third-order valence-corrected chi connectivity index (χ3v) is 3.54. The smallest absolute Gasteiger partial charge is 0.337 e. The van der Waals surface area contributed by atoms with E-state index in [4.69, 9.17) is 9.84 Å². The quantitative estimate of drug-likeness (QED) is 0.774. The summed E-state index contributed by atoms with van der Waals surface area (Å²) in [5.74, 6) is -0.884. The molecule has 1 aliphatic rings. The minimum atomic E-state index is -0.554. The Morgan fingerprint density at radius 2 is 2.29 bits per heavy atom. The number of nitrogens with one attached hydrogen (secondary N) is 1. The Bertz CT molecular complexity index is 600. The monoisotopic (exact) mass is 354 g/mol. The number of rotatable bonds is 5. The zero-order chi connectivity index (χ0) is 15.4. The zero-order valence-corrected chi connectivity index (χ0v) is 13.0. The third kappa shape index (κ3) is 3.43. The van der Waals surface area contributed by atoms with Crippen molar-refractivity contribution in [1.29, 1.82) is 0 Å². The molecule has 1 aliphatic heterocycles. The van der Waals surface area contributed by atoms with Gasteiger partial charge in [-0.25, -0.2) is 4.79 Å². The van der Waals surface area contributed by atoms with E-state index in [0.29, 0.717) is 5.69 Å². The Morgan fingerprint density at radius 3 is 2.90 bits per heavy atom. The first kappa shape index (κ1) is 15.5. The maximum absolute atomic E-state index is 12.3. The fourth-order valence-corrected chi connectivity index (χ4v) is 2.46. The molecule has 0 fully saturated rings. The lowest BCUT2D eigenvalue weighted by Crippen LogP contribution is -2.31. The largest absolute Gasteiger partial charge is 0.466 e. The summed E-state index contributed by atoms with van der Waals surface area (Å²) in [6, 6.07) is 7.25. The molecule has 0 aliphatic carbocycles. The number of hydrogen-bond donors (Lipinski definition) is 2. The number of aliphatic hydroxyl groups excluding tert-OH is 1. The van der Waals surface area contributed by atoms with Crippen LogP contribution in [-0.4, -0.2) is 48.7 Å². The first-order valence-electron chi connectivity index (χ1n) is 6.31. The molecule has 2 N–H and O–H groups in total. The van der Waals surface area contributed by atoms with Crippen LogP contribution in [0.5, 0.6) is 0 Å². The van der Waals surface area contributed by atoms with E-state index < -0.39 is 5.97 Å². The Balaban J connectivity index is 2.30. The van der Waals surface area contributed by atoms with Gasteiger partial charge in [0.2, 0.25) is 0 Å². The van der Waals surface area contributed by atoms with Gasteiger partial charge < -0.3 is 20.1 Å². The second-order valence-electron chi connectivity index (χ2n) is 4.43. The van der Waals surface area contributed by atoms with Crippen LogP contribution in [0.3, 0.4) is 0 Å². The van der Waals surface area contributed by atoms with Gasteiger partial charge in [0.15, 0.2) is 0 Å². The molecule has 0 saturated heterocycles. The minimum Gasteiger partial charge on any atom is -0.466 e. The number of aliphatic hydroxyl groups is 1. The zero-order valence-electron chi connectivity index (χ0n) is 11.4. The number of hydrogen-bond acceptors (Lipinski definition) is 5. The molecule has 112 valence electrons. The first-order chi connectivity index (χ1) is 10.1. The topological polar surface area (TPSA) is 78.9 Å². The average Bonchev–Trinajstić information content (AvgIpc) is 2.76. The molecule has 0 unspecified atom stereocenters. The van der Waals surface area contributed by atoms with E-state index in [1.165, 1.54) is 12.0 Å². The second-order valence-corrected chi connectivity index (χ2v) is 5.35. The number of halogens is 1. The van der Waals surface area contributed by atoms with Crippen LogP contribution in [0.4, 0.5) is 5.69 Å². The lowest BCUT2D eigenvalue weighted by Gasteiger charge is -2.15. The van der Waals surface area contributed by atoms with Crippen LogP contribution in [0, 0.1) is 0 Å². The molecular weight excluding hydrogens is 340 g/mol. The molecule has 0 aromatic heterocycles. The van der Waals surface area contributed by atoms with E-state index in [2.05, 4.69) is 21.2 Å². The van der Waals surface area contributed by atoms with Crippen molar-refractivity contribution in [1.82, 2.24) is 4.90 Å². The van der Waals surface area contributed by atoms with Crippen molar-refractivity contribution in [2.45, 2.75) is 0 Å². The van der Waals surface area contributed by atoms with Crippen molar-refractivity contribution in [3.8, 4) is 0 Å². The Kier molecular flexibility index (Phi) is 4.98. The number of benzene rings is 1. The highest BCUT2D eigenvalue weighted by molar-refractivity contribution is 9.10. The number of carbonyl (C=O) groups excluding carboxylic acids is 2. The molecule has 1 amide bonds. The predicted octanol–water partition coefficient (Wildman–Crippen LogP) is 1.12. The lowest BCUT2D eigenvalue weighted by atomic mass is 10.2. The third-order valence-electron chi connectivity index (χ3n) is 3.05. The molecule has 0 radical (unpaired) electrons. The molecule has 6 nitrogen and oxygen atoms in total. The SMILES string of the molecule is COC(=O)C1=C(Nc2cccc(Br)c2)C(=O)N(CCO)C1. The standard InChI is InChI=1S/C14H15BrN2O4/c1-21-14(20)11-8-17(5-6-18)13(19)12(11)16-10-4-2-3-9(15)7-10/h2-4,7,16,18H,5-6,8H2,1H3. The summed E-state index contributed by atoms with van der Waals surface area (Å²) >= 11 is 3.35. The molecule has 1 aromatic rings. The Labute approximate surface area is 130 Å². The van der Waals surface area contributed by atoms with Gasteiger partial charge in [-0.2, -0.15) is 0 Å². The van der Waals surface area contributed by atoms with Crippen molar-refractivity contribution < 1.29 is 19.4 Å². The maximum atomic E-state index is 12.3. The van der Waals surface area contributed by atoms with Gasteiger partial charge in [0, 0.05) is 16.7 Å². The fourth-order valence-electron chi connectivity index (χ4n) is 2.06. The van der Waals surface area contributed by atoms with Gasteiger partial charge >= 0.3 is 5.97 Å². The summed E-state index contributed by atoms with van der Waals surface area (Å²) in [7, 11) is 1.27. The van der Waals surface area contributed by atoms with Crippen LogP contribution in [0.2, 0.25) is 0 Å². The fraction of sp³-hybridized carbons (Fsp3) is 0.286. The molecule has 0 saturated carbocycles. The van der Waals surface area contributed by atoms with Crippen LogP contribution in [0.15, 0.2) is 40.0 Å². The van der Waals surface area contributed by atoms with Crippen molar-refractivity contribution in [2.24, 2.45) is 0 Å². The van der Waals surface area contributed by atoms with Gasteiger partial charge in [-0.05, 0) is 18.2 Å². The number of amides is 1. The summed E-state index contributed by atoms with van der Waals surface area (Å²) in [5.41, 5.74) is 1.13. The summed E-state index contributed by atoms with van der Waals surface area (Å²) in [6.07, 6.45) is 0. The number of carbonyl (C=O) groups is 2. The molecule has 1 aromatic carbocycles. The Hall–Kier alpha value is -1.86. The van der Waals surface area contributed by atoms with Crippen LogP contribution < -0.4 is 5.32 Å². The number of ether oxygens (including phenoxy) is 1. The van der Waals surface area contributed by atoms with Gasteiger partial charge in [-0.1, -0.05) is 22.0 Å². The van der Waals surface area contributed by atoms with Gasteiger partial charge in [0.05, 0.1) is 25.8 Å². The number of esters is 1. The molecule has 0 bridgehead atoms. The van der Waals surface area contributed by atoms with E-state index in [9.17, 15) is 9.59 Å². The van der Waals surface area contributed by atoms with Crippen molar-refractivity contribution in [3.63, 3.8) is 0 Å². The normalized spacial score (nSPS) is 14.6. The lowest BCUT2D eigenvalue weighted by molar-refractivity contribution is -0.136. The van der Waals surface area contributed by atoms with Crippen molar-refractivity contribution in [3.05, 3.63) is 40.0 Å². The van der Waals surface area contributed by atoms with E-state index >= 15 is 0 Å². The molecule has 7 heteroatoms. The average molecular weight is 355 g/mol. The number of nitrogens with zero attached hydrogens (tertiary/aromatic N) is 1. The second kappa shape index (κ2) is 6.73. The molecule has 1 heterocycles. The van der Waals surface area contributed by atoms with Gasteiger partial charge in [-0.3, -0.25) is 4.79 Å². The van der Waals surface area contributed by atoms with E-state index in [0.717, 1.165) is 4.47 Å². The van der Waals surface area contributed by atoms with Crippen molar-refractivity contribution in [2.75, 3.05) is 32.1 Å². The highest BCUT2D eigenvalue weighted by atomic mass is 79.9. The van der Waals surface area contributed by atoms with Crippen LogP contribution in [0.1, 0.15) is 0 Å². The van der Waals surface area contributed by atoms with Gasteiger partial charge in [-0.15, -0.1) is 0 Å². The highest BCUT2D eigenvalue weighted by Gasteiger charge is 2.34. The molecular formula is C14H15BrN2O4. The summed E-state index contributed by atoms with van der Waals surface area (Å²) in [5, 5.41) is 11.9. The highest BCUT2D eigenvalue weighted by Crippen LogP contribution is 2.24. The van der Waals surface area contributed by atoms with Crippen molar-refractivity contribution >= 4 is 33.5 Å².